The van der Waals surface area contributed by atoms with Crippen LogP contribution in [0.5, 0.6) is 0 Å². The minimum absolute atomic E-state index is 0.0444. The molecule has 2 amide bonds. The van der Waals surface area contributed by atoms with Gasteiger partial charge in [-0.1, -0.05) is 6.92 Å². The van der Waals surface area contributed by atoms with E-state index in [1.807, 2.05) is 4.90 Å². The Morgan fingerprint density at radius 1 is 1.15 bits per heavy atom. The predicted octanol–water partition coefficient (Wildman–Crippen LogP) is 0.703. The van der Waals surface area contributed by atoms with E-state index in [1.54, 1.807) is 7.05 Å². The second kappa shape index (κ2) is 7.07. The molecule has 2 heterocycles. The molecule has 0 aromatic heterocycles. The summed E-state index contributed by atoms with van der Waals surface area (Å²) in [5.41, 5.74) is 0. The van der Waals surface area contributed by atoms with Crippen LogP contribution >= 0.6 is 0 Å². The summed E-state index contributed by atoms with van der Waals surface area (Å²) in [6, 6.07) is 0. The Balaban J connectivity index is 1.80. The van der Waals surface area contributed by atoms with Gasteiger partial charge in [0.2, 0.25) is 11.8 Å². The fourth-order valence-electron chi connectivity index (χ4n) is 3.17. The number of piperidine rings is 2. The van der Waals surface area contributed by atoms with E-state index in [0.29, 0.717) is 6.54 Å². The van der Waals surface area contributed by atoms with Crippen LogP contribution in [0, 0.1) is 11.8 Å². The summed E-state index contributed by atoms with van der Waals surface area (Å²) in [6.45, 7) is 6.17. The van der Waals surface area contributed by atoms with Gasteiger partial charge in [0.15, 0.2) is 0 Å². The smallest absolute Gasteiger partial charge is 0.236 e. The summed E-state index contributed by atoms with van der Waals surface area (Å²) >= 11 is 0. The third kappa shape index (κ3) is 3.95. The SMILES string of the molecule is CNC(=O)C1CCCN(CC(=O)N2CCC(C)CC2)C1. The Bertz CT molecular complexity index is 351. The number of nitrogens with one attached hydrogen (secondary N) is 1. The number of nitrogens with zero attached hydrogens (tertiary/aromatic N) is 2. The van der Waals surface area contributed by atoms with Gasteiger partial charge in [0.1, 0.15) is 0 Å². The molecule has 2 aliphatic heterocycles. The summed E-state index contributed by atoms with van der Waals surface area (Å²) in [4.78, 5) is 28.1. The molecule has 0 bridgehead atoms. The van der Waals surface area contributed by atoms with E-state index >= 15 is 0 Å². The zero-order valence-electron chi connectivity index (χ0n) is 12.7. The second-order valence-corrected chi connectivity index (χ2v) is 6.25. The Morgan fingerprint density at radius 2 is 1.85 bits per heavy atom. The van der Waals surface area contributed by atoms with Crippen LogP contribution in [0.1, 0.15) is 32.6 Å². The number of hydrogen-bond acceptors (Lipinski definition) is 3. The summed E-state index contributed by atoms with van der Waals surface area (Å²) in [5.74, 6) is 1.12. The van der Waals surface area contributed by atoms with E-state index < -0.39 is 0 Å². The Labute approximate surface area is 121 Å². The van der Waals surface area contributed by atoms with E-state index in [9.17, 15) is 9.59 Å². The highest BCUT2D eigenvalue weighted by Gasteiger charge is 2.28. The van der Waals surface area contributed by atoms with Gasteiger partial charge in [-0.3, -0.25) is 14.5 Å². The highest BCUT2D eigenvalue weighted by molar-refractivity contribution is 5.80. The molecule has 20 heavy (non-hydrogen) atoms. The molecule has 2 fully saturated rings. The fraction of sp³-hybridized carbons (Fsp3) is 0.867. The minimum atomic E-state index is 0.0444. The standard InChI is InChI=1S/C15H27N3O2/c1-12-5-8-18(9-6-12)14(19)11-17-7-3-4-13(10-17)15(20)16-2/h12-13H,3-11H2,1-2H3,(H,16,20). The molecule has 0 aromatic rings. The summed E-state index contributed by atoms with van der Waals surface area (Å²) in [6.07, 6.45) is 4.17. The first kappa shape index (κ1) is 15.3. The van der Waals surface area contributed by atoms with E-state index in [2.05, 4.69) is 17.1 Å². The first-order valence-corrected chi connectivity index (χ1v) is 7.82. The fourth-order valence-corrected chi connectivity index (χ4v) is 3.17. The van der Waals surface area contributed by atoms with Crippen molar-refractivity contribution in [1.82, 2.24) is 15.1 Å². The number of likely N-dealkylation sites (tertiary alicyclic amines) is 2. The lowest BCUT2D eigenvalue weighted by Gasteiger charge is -2.35. The van der Waals surface area contributed by atoms with Crippen molar-refractivity contribution < 1.29 is 9.59 Å². The Morgan fingerprint density at radius 3 is 2.50 bits per heavy atom. The van der Waals surface area contributed by atoms with E-state index in [0.717, 1.165) is 57.8 Å². The molecule has 0 aromatic carbocycles. The third-order valence-electron chi connectivity index (χ3n) is 4.62. The molecule has 114 valence electrons. The number of amides is 2. The van der Waals surface area contributed by atoms with Crippen LogP contribution in [0.25, 0.3) is 0 Å². The molecule has 1 atom stereocenters. The molecule has 1 unspecified atom stereocenters. The molecule has 1 N–H and O–H groups in total. The van der Waals surface area contributed by atoms with Crippen molar-refractivity contribution in [2.75, 3.05) is 39.8 Å². The zero-order chi connectivity index (χ0) is 14.5. The van der Waals surface area contributed by atoms with Crippen LogP contribution < -0.4 is 5.32 Å². The topological polar surface area (TPSA) is 52.7 Å². The molecule has 5 nitrogen and oxygen atoms in total. The summed E-state index contributed by atoms with van der Waals surface area (Å²) in [5, 5.41) is 2.72. The average molecular weight is 281 g/mol. The molecule has 0 aliphatic carbocycles. The highest BCUT2D eigenvalue weighted by atomic mass is 16.2. The van der Waals surface area contributed by atoms with E-state index in [-0.39, 0.29) is 17.7 Å². The number of carbonyl (C=O) groups excluding carboxylic acids is 2. The normalized spacial score (nSPS) is 25.5. The second-order valence-electron chi connectivity index (χ2n) is 6.25. The molecule has 2 saturated heterocycles. The van der Waals surface area contributed by atoms with Crippen LogP contribution in [0.2, 0.25) is 0 Å². The van der Waals surface area contributed by atoms with E-state index in [4.69, 9.17) is 0 Å². The molecular formula is C15H27N3O2. The largest absolute Gasteiger partial charge is 0.359 e. The van der Waals surface area contributed by atoms with Gasteiger partial charge >= 0.3 is 0 Å². The van der Waals surface area contributed by atoms with Crippen LogP contribution in [-0.4, -0.2) is 61.4 Å². The van der Waals surface area contributed by atoms with Gasteiger partial charge in [0, 0.05) is 26.7 Å². The van der Waals surface area contributed by atoms with Gasteiger partial charge in [0.05, 0.1) is 12.5 Å². The monoisotopic (exact) mass is 281 g/mol. The number of carbonyl (C=O) groups is 2. The number of rotatable bonds is 3. The maximum absolute atomic E-state index is 12.3. The van der Waals surface area contributed by atoms with E-state index in [1.165, 1.54) is 0 Å². The first-order valence-electron chi connectivity index (χ1n) is 7.82. The maximum atomic E-state index is 12.3. The van der Waals surface area contributed by atoms with Gasteiger partial charge in [0.25, 0.3) is 0 Å². The average Bonchev–Trinajstić information content (AvgIpc) is 2.47. The van der Waals surface area contributed by atoms with Crippen molar-refractivity contribution in [2.45, 2.75) is 32.6 Å². The lowest BCUT2D eigenvalue weighted by Crippen LogP contribution is -2.48. The van der Waals surface area contributed by atoms with Crippen molar-refractivity contribution in [1.29, 1.82) is 0 Å². The van der Waals surface area contributed by atoms with Crippen molar-refractivity contribution in [3.05, 3.63) is 0 Å². The summed E-state index contributed by atoms with van der Waals surface area (Å²) < 4.78 is 0. The van der Waals surface area contributed by atoms with Crippen LogP contribution in [-0.2, 0) is 9.59 Å². The molecular weight excluding hydrogens is 254 g/mol. The first-order chi connectivity index (χ1) is 9.60. The van der Waals surface area contributed by atoms with Crippen molar-refractivity contribution in [2.24, 2.45) is 11.8 Å². The van der Waals surface area contributed by atoms with Gasteiger partial charge < -0.3 is 10.2 Å². The third-order valence-corrected chi connectivity index (χ3v) is 4.62. The van der Waals surface area contributed by atoms with Crippen molar-refractivity contribution in [3.8, 4) is 0 Å². The quantitative estimate of drug-likeness (QED) is 0.828. The van der Waals surface area contributed by atoms with Crippen molar-refractivity contribution >= 4 is 11.8 Å². The minimum Gasteiger partial charge on any atom is -0.359 e. The van der Waals surface area contributed by atoms with Crippen molar-refractivity contribution in [3.63, 3.8) is 0 Å². The van der Waals surface area contributed by atoms with Gasteiger partial charge in [-0.2, -0.15) is 0 Å². The van der Waals surface area contributed by atoms with Crippen LogP contribution in [0.15, 0.2) is 0 Å². The molecule has 2 rings (SSSR count). The predicted molar refractivity (Wildman–Crippen MR) is 78.2 cm³/mol. The van der Waals surface area contributed by atoms with Crippen LogP contribution in [0.3, 0.4) is 0 Å². The van der Waals surface area contributed by atoms with Crippen LogP contribution in [0.4, 0.5) is 0 Å². The number of hydrogen-bond donors (Lipinski definition) is 1. The maximum Gasteiger partial charge on any atom is 0.236 e. The summed E-state index contributed by atoms with van der Waals surface area (Å²) in [7, 11) is 1.68. The lowest BCUT2D eigenvalue weighted by atomic mass is 9.97. The Kier molecular flexibility index (Phi) is 5.40. The molecule has 0 saturated carbocycles. The van der Waals surface area contributed by atoms with Gasteiger partial charge in [-0.25, -0.2) is 0 Å². The molecule has 2 aliphatic rings. The van der Waals surface area contributed by atoms with Gasteiger partial charge in [-0.15, -0.1) is 0 Å². The van der Waals surface area contributed by atoms with Gasteiger partial charge in [-0.05, 0) is 38.1 Å². The molecule has 5 heteroatoms. The lowest BCUT2D eigenvalue weighted by molar-refractivity contribution is -0.135. The molecule has 0 spiro atoms. The Hall–Kier alpha value is -1.10. The highest BCUT2D eigenvalue weighted by Crippen LogP contribution is 2.19. The molecule has 0 radical (unpaired) electrons. The zero-order valence-corrected chi connectivity index (χ0v) is 12.7.